The van der Waals surface area contributed by atoms with Gasteiger partial charge in [-0.2, -0.15) is 4.98 Å². The van der Waals surface area contributed by atoms with Crippen molar-refractivity contribution < 1.29 is 9.26 Å². The maximum Gasteiger partial charge on any atom is 0.226 e. The van der Waals surface area contributed by atoms with Gasteiger partial charge in [0.1, 0.15) is 5.75 Å². The summed E-state index contributed by atoms with van der Waals surface area (Å²) in [7, 11) is 3.38. The van der Waals surface area contributed by atoms with Gasteiger partial charge in [-0.25, -0.2) is 0 Å². The van der Waals surface area contributed by atoms with Crippen LogP contribution in [0.25, 0.3) is 0 Å². The molecule has 7 nitrogen and oxygen atoms in total. The van der Waals surface area contributed by atoms with E-state index in [2.05, 4.69) is 25.8 Å². The number of hydrogen-bond donors (Lipinski definition) is 2. The quantitative estimate of drug-likeness (QED) is 0.386. The lowest BCUT2D eigenvalue weighted by atomic mass is 10.1. The molecule has 0 saturated heterocycles. The van der Waals surface area contributed by atoms with Crippen molar-refractivity contribution in [2.75, 3.05) is 27.2 Å². The second-order valence-electron chi connectivity index (χ2n) is 6.44. The smallest absolute Gasteiger partial charge is 0.226 e. The van der Waals surface area contributed by atoms with Crippen LogP contribution < -0.4 is 15.4 Å². The minimum absolute atomic E-state index is 0.280. The Hall–Kier alpha value is -2.28. The Morgan fingerprint density at radius 3 is 2.67 bits per heavy atom. The first-order valence-electron chi connectivity index (χ1n) is 9.13. The van der Waals surface area contributed by atoms with Gasteiger partial charge in [0, 0.05) is 37.5 Å². The fourth-order valence-electron chi connectivity index (χ4n) is 2.44. The average molecular weight is 394 g/mol. The first-order valence-corrected chi connectivity index (χ1v) is 9.50. The lowest BCUT2D eigenvalue weighted by Gasteiger charge is -2.12. The third kappa shape index (κ3) is 6.75. The Bertz CT molecular complexity index is 745. The molecule has 0 atom stereocenters. The standard InChI is InChI=1S/C19H28ClN5O2/c1-13(2)18-24-17(27-25-18)6-5-10-22-19(21-3)23-11-9-14-7-8-15(26-4)12-16(14)20/h7-8,12-13H,5-6,9-11H2,1-4H3,(H2,21,22,23). The molecule has 2 aromatic rings. The maximum atomic E-state index is 6.27. The highest BCUT2D eigenvalue weighted by molar-refractivity contribution is 6.31. The number of nitrogens with one attached hydrogen (secondary N) is 2. The van der Waals surface area contributed by atoms with Crippen LogP contribution in [-0.4, -0.2) is 43.3 Å². The molecule has 0 fully saturated rings. The predicted molar refractivity (Wildman–Crippen MR) is 108 cm³/mol. The zero-order chi connectivity index (χ0) is 19.6. The predicted octanol–water partition coefficient (Wildman–Crippen LogP) is 3.20. The van der Waals surface area contributed by atoms with Crippen LogP contribution >= 0.6 is 11.6 Å². The summed E-state index contributed by atoms with van der Waals surface area (Å²) >= 11 is 6.27. The number of nitrogens with zero attached hydrogens (tertiary/aromatic N) is 3. The highest BCUT2D eigenvalue weighted by Crippen LogP contribution is 2.22. The molecule has 0 aliphatic rings. The molecule has 1 aromatic heterocycles. The van der Waals surface area contributed by atoms with E-state index >= 15 is 0 Å². The van der Waals surface area contributed by atoms with Crippen molar-refractivity contribution >= 4 is 17.6 Å². The minimum atomic E-state index is 0.280. The van der Waals surface area contributed by atoms with Gasteiger partial charge < -0.3 is 19.9 Å². The van der Waals surface area contributed by atoms with Gasteiger partial charge in [-0.1, -0.05) is 36.7 Å². The van der Waals surface area contributed by atoms with E-state index in [1.807, 2.05) is 32.0 Å². The number of halogens is 1. The average Bonchev–Trinajstić information content (AvgIpc) is 3.14. The monoisotopic (exact) mass is 393 g/mol. The van der Waals surface area contributed by atoms with Crippen LogP contribution in [-0.2, 0) is 12.8 Å². The van der Waals surface area contributed by atoms with E-state index in [9.17, 15) is 0 Å². The first-order chi connectivity index (χ1) is 13.0. The van der Waals surface area contributed by atoms with Crippen molar-refractivity contribution in [3.8, 4) is 5.75 Å². The molecule has 0 bridgehead atoms. The summed E-state index contributed by atoms with van der Waals surface area (Å²) in [5.41, 5.74) is 1.07. The summed E-state index contributed by atoms with van der Waals surface area (Å²) in [4.78, 5) is 8.61. The number of hydrogen-bond acceptors (Lipinski definition) is 5. The molecule has 0 radical (unpaired) electrons. The normalized spacial score (nSPS) is 11.7. The van der Waals surface area contributed by atoms with Crippen molar-refractivity contribution in [1.29, 1.82) is 0 Å². The van der Waals surface area contributed by atoms with Crippen LogP contribution in [0, 0.1) is 0 Å². The van der Waals surface area contributed by atoms with Crippen LogP contribution in [0.4, 0.5) is 0 Å². The Kier molecular flexibility index (Phi) is 8.39. The van der Waals surface area contributed by atoms with Crippen LogP contribution in [0.2, 0.25) is 5.02 Å². The van der Waals surface area contributed by atoms with Crippen molar-refractivity contribution in [2.24, 2.45) is 4.99 Å². The fourth-order valence-corrected chi connectivity index (χ4v) is 2.71. The third-order valence-electron chi connectivity index (χ3n) is 4.03. The van der Waals surface area contributed by atoms with Crippen LogP contribution in [0.3, 0.4) is 0 Å². The van der Waals surface area contributed by atoms with Crippen molar-refractivity contribution in [3.05, 3.63) is 40.5 Å². The zero-order valence-corrected chi connectivity index (χ0v) is 17.1. The summed E-state index contributed by atoms with van der Waals surface area (Å²) in [5, 5.41) is 11.3. The number of methoxy groups -OCH3 is 1. The molecule has 27 heavy (non-hydrogen) atoms. The molecular weight excluding hydrogens is 366 g/mol. The maximum absolute atomic E-state index is 6.27. The van der Waals surface area contributed by atoms with Gasteiger partial charge in [0.15, 0.2) is 11.8 Å². The Balaban J connectivity index is 1.68. The van der Waals surface area contributed by atoms with Gasteiger partial charge in [-0.3, -0.25) is 4.99 Å². The molecule has 0 aliphatic carbocycles. The molecule has 1 heterocycles. The first kappa shape index (κ1) is 21.0. The molecule has 2 rings (SSSR count). The van der Waals surface area contributed by atoms with Gasteiger partial charge in [-0.05, 0) is 30.5 Å². The molecule has 148 valence electrons. The summed E-state index contributed by atoms with van der Waals surface area (Å²) in [6, 6.07) is 5.72. The van der Waals surface area contributed by atoms with Crippen LogP contribution in [0.5, 0.6) is 5.75 Å². The molecule has 1 aromatic carbocycles. The molecule has 8 heteroatoms. The van der Waals surface area contributed by atoms with E-state index in [1.54, 1.807) is 14.2 Å². The second kappa shape index (κ2) is 10.8. The second-order valence-corrected chi connectivity index (χ2v) is 6.84. The Morgan fingerprint density at radius 2 is 2.04 bits per heavy atom. The SMILES string of the molecule is CN=C(NCCCc1nc(C(C)C)no1)NCCc1ccc(OC)cc1Cl. The zero-order valence-electron chi connectivity index (χ0n) is 16.4. The lowest BCUT2D eigenvalue weighted by Crippen LogP contribution is -2.38. The summed E-state index contributed by atoms with van der Waals surface area (Å²) < 4.78 is 10.4. The number of aryl methyl sites for hydroxylation is 1. The molecule has 0 aliphatic heterocycles. The summed E-state index contributed by atoms with van der Waals surface area (Å²) in [5.74, 6) is 3.23. The van der Waals surface area contributed by atoms with E-state index in [0.717, 1.165) is 55.4 Å². The van der Waals surface area contributed by atoms with Gasteiger partial charge in [0.2, 0.25) is 5.89 Å². The van der Waals surface area contributed by atoms with E-state index < -0.39 is 0 Å². The number of ether oxygens (including phenoxy) is 1. The summed E-state index contributed by atoms with van der Waals surface area (Å²) in [6.07, 6.45) is 2.42. The van der Waals surface area contributed by atoms with Gasteiger partial charge in [0.05, 0.1) is 7.11 Å². The van der Waals surface area contributed by atoms with Crippen molar-refractivity contribution in [2.45, 2.75) is 39.0 Å². The Labute approximate surface area is 165 Å². The van der Waals surface area contributed by atoms with Gasteiger partial charge >= 0.3 is 0 Å². The van der Waals surface area contributed by atoms with E-state index in [0.29, 0.717) is 10.9 Å². The molecule has 0 spiro atoms. The van der Waals surface area contributed by atoms with Crippen LogP contribution in [0.15, 0.2) is 27.7 Å². The molecule has 0 saturated carbocycles. The third-order valence-corrected chi connectivity index (χ3v) is 4.38. The summed E-state index contributed by atoms with van der Waals surface area (Å²) in [6.45, 7) is 5.59. The van der Waals surface area contributed by atoms with E-state index in [1.165, 1.54) is 0 Å². The van der Waals surface area contributed by atoms with E-state index in [4.69, 9.17) is 20.9 Å². The highest BCUT2D eigenvalue weighted by atomic mass is 35.5. The fraction of sp³-hybridized carbons (Fsp3) is 0.526. The van der Waals surface area contributed by atoms with Crippen molar-refractivity contribution in [3.63, 3.8) is 0 Å². The minimum Gasteiger partial charge on any atom is -0.497 e. The number of benzene rings is 1. The molecule has 0 amide bonds. The molecule has 0 unspecified atom stereocenters. The number of aromatic nitrogens is 2. The molecular formula is C19H28ClN5O2. The highest BCUT2D eigenvalue weighted by Gasteiger charge is 2.09. The number of rotatable bonds is 9. The van der Waals surface area contributed by atoms with Gasteiger partial charge in [0.25, 0.3) is 0 Å². The topological polar surface area (TPSA) is 84.6 Å². The van der Waals surface area contributed by atoms with Gasteiger partial charge in [-0.15, -0.1) is 0 Å². The largest absolute Gasteiger partial charge is 0.497 e. The number of guanidine groups is 1. The van der Waals surface area contributed by atoms with E-state index in [-0.39, 0.29) is 5.92 Å². The van der Waals surface area contributed by atoms with Crippen molar-refractivity contribution in [1.82, 2.24) is 20.8 Å². The Morgan fingerprint density at radius 1 is 1.26 bits per heavy atom. The lowest BCUT2D eigenvalue weighted by molar-refractivity contribution is 0.368. The number of aliphatic imine (C=N–C) groups is 1. The van der Waals surface area contributed by atoms with Crippen LogP contribution in [0.1, 0.15) is 43.5 Å². The molecule has 2 N–H and O–H groups in total.